The summed E-state index contributed by atoms with van der Waals surface area (Å²) in [6, 6.07) is 14.7. The van der Waals surface area contributed by atoms with E-state index in [1.165, 1.54) is 0 Å². The van der Waals surface area contributed by atoms with E-state index in [0.29, 0.717) is 17.0 Å². The molecule has 0 fully saturated rings. The molecular formula is C15H11ClO2. The van der Waals surface area contributed by atoms with Gasteiger partial charge in [-0.2, -0.15) is 0 Å². The summed E-state index contributed by atoms with van der Waals surface area (Å²) in [5.74, 6) is 0.784. The minimum atomic E-state index is -0.430. The molecule has 18 heavy (non-hydrogen) atoms. The van der Waals surface area contributed by atoms with Crippen LogP contribution in [-0.2, 0) is 6.42 Å². The number of rotatable bonds is 2. The lowest BCUT2D eigenvalue weighted by Gasteiger charge is -2.09. The van der Waals surface area contributed by atoms with Crippen molar-refractivity contribution in [3.05, 3.63) is 64.7 Å². The van der Waals surface area contributed by atoms with Gasteiger partial charge in [-0.3, -0.25) is 4.79 Å². The van der Waals surface area contributed by atoms with E-state index in [-0.39, 0.29) is 5.78 Å². The molecule has 3 rings (SSSR count). The second-order valence-corrected chi connectivity index (χ2v) is 4.73. The molecular weight excluding hydrogens is 248 g/mol. The van der Waals surface area contributed by atoms with Gasteiger partial charge in [-0.1, -0.05) is 41.9 Å². The summed E-state index contributed by atoms with van der Waals surface area (Å²) in [6.07, 6.45) is 0.197. The maximum absolute atomic E-state index is 12.3. The summed E-state index contributed by atoms with van der Waals surface area (Å²) in [6.45, 7) is 0. The highest BCUT2D eigenvalue weighted by molar-refractivity contribution is 6.31. The summed E-state index contributed by atoms with van der Waals surface area (Å²) in [4.78, 5) is 12.3. The molecule has 1 aliphatic rings. The smallest absolute Gasteiger partial charge is 0.203 e. The monoisotopic (exact) mass is 258 g/mol. The van der Waals surface area contributed by atoms with Gasteiger partial charge in [0.25, 0.3) is 0 Å². The third-order valence-corrected chi connectivity index (χ3v) is 3.28. The normalized spacial score (nSPS) is 17.1. The second kappa shape index (κ2) is 4.46. The maximum atomic E-state index is 12.3. The number of hydrogen-bond acceptors (Lipinski definition) is 2. The number of fused-ring (bicyclic) bond motifs is 1. The van der Waals surface area contributed by atoms with Gasteiger partial charge in [0.1, 0.15) is 5.75 Å². The molecule has 2 aromatic carbocycles. The topological polar surface area (TPSA) is 26.3 Å². The zero-order chi connectivity index (χ0) is 12.5. The standard InChI is InChI=1S/C15H11ClO2/c16-12-6-3-5-11(8-12)15(17)14-9-10-4-1-2-7-13(10)18-14/h1-8,14H,9H2. The molecule has 0 aliphatic carbocycles. The molecule has 0 bridgehead atoms. The number of ketones is 1. The van der Waals surface area contributed by atoms with Crippen molar-refractivity contribution in [3.8, 4) is 5.75 Å². The van der Waals surface area contributed by atoms with Crippen molar-refractivity contribution in [3.63, 3.8) is 0 Å². The Hall–Kier alpha value is -1.80. The summed E-state index contributed by atoms with van der Waals surface area (Å²) < 4.78 is 5.67. The van der Waals surface area contributed by atoms with Crippen LogP contribution >= 0.6 is 11.6 Å². The molecule has 0 radical (unpaired) electrons. The Morgan fingerprint density at radius 1 is 1.17 bits per heavy atom. The lowest BCUT2D eigenvalue weighted by Crippen LogP contribution is -2.25. The van der Waals surface area contributed by atoms with E-state index in [2.05, 4.69) is 0 Å². The van der Waals surface area contributed by atoms with Gasteiger partial charge in [0.15, 0.2) is 6.10 Å². The van der Waals surface area contributed by atoms with Gasteiger partial charge >= 0.3 is 0 Å². The lowest BCUT2D eigenvalue weighted by molar-refractivity contribution is 0.0825. The van der Waals surface area contributed by atoms with E-state index >= 15 is 0 Å². The Morgan fingerprint density at radius 3 is 2.78 bits per heavy atom. The van der Waals surface area contributed by atoms with Crippen molar-refractivity contribution in [1.29, 1.82) is 0 Å². The number of Topliss-reactive ketones (excluding diaryl/α,β-unsaturated/α-hetero) is 1. The first-order valence-electron chi connectivity index (χ1n) is 5.78. The first kappa shape index (κ1) is 11.3. The Bertz CT molecular complexity index is 582. The van der Waals surface area contributed by atoms with Crippen LogP contribution < -0.4 is 4.74 Å². The van der Waals surface area contributed by atoms with E-state index in [1.807, 2.05) is 24.3 Å². The van der Waals surface area contributed by atoms with Crippen LogP contribution in [0.3, 0.4) is 0 Å². The van der Waals surface area contributed by atoms with Gasteiger partial charge in [0, 0.05) is 17.0 Å². The SMILES string of the molecule is O=C(c1cccc(Cl)c1)C1Cc2ccccc2O1. The molecule has 2 nitrogen and oxygen atoms in total. The average Bonchev–Trinajstić information content (AvgIpc) is 2.81. The third kappa shape index (κ3) is 2.00. The molecule has 0 aromatic heterocycles. The molecule has 0 amide bonds. The first-order chi connectivity index (χ1) is 8.74. The van der Waals surface area contributed by atoms with Crippen LogP contribution in [0.2, 0.25) is 5.02 Å². The average molecular weight is 259 g/mol. The van der Waals surface area contributed by atoms with Crippen molar-refractivity contribution in [2.24, 2.45) is 0 Å². The summed E-state index contributed by atoms with van der Waals surface area (Å²) in [5, 5.41) is 0.566. The minimum Gasteiger partial charge on any atom is -0.482 e. The summed E-state index contributed by atoms with van der Waals surface area (Å²) in [5.41, 5.74) is 1.68. The number of halogens is 1. The Kier molecular flexibility index (Phi) is 2.80. The maximum Gasteiger partial charge on any atom is 0.203 e. The molecule has 2 aromatic rings. The highest BCUT2D eigenvalue weighted by atomic mass is 35.5. The number of benzene rings is 2. The first-order valence-corrected chi connectivity index (χ1v) is 6.16. The van der Waals surface area contributed by atoms with E-state index in [0.717, 1.165) is 11.3 Å². The van der Waals surface area contributed by atoms with Crippen LogP contribution in [0.15, 0.2) is 48.5 Å². The Morgan fingerprint density at radius 2 is 2.00 bits per heavy atom. The minimum absolute atomic E-state index is 0.0197. The van der Waals surface area contributed by atoms with Gasteiger partial charge < -0.3 is 4.74 Å². The molecule has 1 unspecified atom stereocenters. The third-order valence-electron chi connectivity index (χ3n) is 3.05. The fourth-order valence-corrected chi connectivity index (χ4v) is 2.35. The summed E-state index contributed by atoms with van der Waals surface area (Å²) >= 11 is 5.89. The number of ether oxygens (including phenoxy) is 1. The Labute approximate surface area is 110 Å². The predicted molar refractivity (Wildman–Crippen MR) is 70.3 cm³/mol. The van der Waals surface area contributed by atoms with Crippen LogP contribution in [0, 0.1) is 0 Å². The zero-order valence-electron chi connectivity index (χ0n) is 9.60. The van der Waals surface area contributed by atoms with Gasteiger partial charge in [0.2, 0.25) is 5.78 Å². The second-order valence-electron chi connectivity index (χ2n) is 4.29. The van der Waals surface area contributed by atoms with Crippen molar-refractivity contribution in [2.45, 2.75) is 12.5 Å². The molecule has 1 aliphatic heterocycles. The van der Waals surface area contributed by atoms with E-state index in [9.17, 15) is 4.79 Å². The quantitative estimate of drug-likeness (QED) is 0.771. The van der Waals surface area contributed by atoms with Crippen LogP contribution in [-0.4, -0.2) is 11.9 Å². The predicted octanol–water partition coefficient (Wildman–Crippen LogP) is 3.53. The van der Waals surface area contributed by atoms with Gasteiger partial charge in [-0.15, -0.1) is 0 Å². The number of hydrogen-bond donors (Lipinski definition) is 0. The van der Waals surface area contributed by atoms with Crippen molar-refractivity contribution in [2.75, 3.05) is 0 Å². The van der Waals surface area contributed by atoms with Crippen molar-refractivity contribution in [1.82, 2.24) is 0 Å². The van der Waals surface area contributed by atoms with E-state index in [4.69, 9.17) is 16.3 Å². The fraction of sp³-hybridized carbons (Fsp3) is 0.133. The highest BCUT2D eigenvalue weighted by Crippen LogP contribution is 2.29. The zero-order valence-corrected chi connectivity index (χ0v) is 10.4. The van der Waals surface area contributed by atoms with Crippen LogP contribution in [0.1, 0.15) is 15.9 Å². The number of para-hydroxylation sites is 1. The molecule has 90 valence electrons. The largest absolute Gasteiger partial charge is 0.482 e. The molecule has 1 heterocycles. The van der Waals surface area contributed by atoms with Crippen LogP contribution in [0.4, 0.5) is 0 Å². The Balaban J connectivity index is 1.84. The molecule has 0 saturated heterocycles. The highest BCUT2D eigenvalue weighted by Gasteiger charge is 2.29. The molecule has 0 saturated carbocycles. The number of carbonyl (C=O) groups is 1. The lowest BCUT2D eigenvalue weighted by atomic mass is 10.0. The van der Waals surface area contributed by atoms with E-state index in [1.54, 1.807) is 24.3 Å². The van der Waals surface area contributed by atoms with E-state index < -0.39 is 6.10 Å². The molecule has 0 N–H and O–H groups in total. The van der Waals surface area contributed by atoms with Crippen LogP contribution in [0.5, 0.6) is 5.75 Å². The molecule has 0 spiro atoms. The van der Waals surface area contributed by atoms with Crippen molar-refractivity contribution >= 4 is 17.4 Å². The molecule has 3 heteroatoms. The van der Waals surface area contributed by atoms with Gasteiger partial charge in [0.05, 0.1) is 0 Å². The summed E-state index contributed by atoms with van der Waals surface area (Å²) in [7, 11) is 0. The molecule has 1 atom stereocenters. The fourth-order valence-electron chi connectivity index (χ4n) is 2.16. The van der Waals surface area contributed by atoms with Gasteiger partial charge in [-0.05, 0) is 23.8 Å². The van der Waals surface area contributed by atoms with Crippen molar-refractivity contribution < 1.29 is 9.53 Å². The van der Waals surface area contributed by atoms with Crippen LogP contribution in [0.25, 0.3) is 0 Å². The number of carbonyl (C=O) groups excluding carboxylic acids is 1. The van der Waals surface area contributed by atoms with Gasteiger partial charge in [-0.25, -0.2) is 0 Å².